The molecule has 1 N–H and O–H groups in total. The number of nitrogens with zero attached hydrogens (tertiary/aromatic N) is 2. The average molecular weight is 251 g/mol. The summed E-state index contributed by atoms with van der Waals surface area (Å²) in [5.41, 5.74) is 3.33. The van der Waals surface area contributed by atoms with Crippen LogP contribution in [0.5, 0.6) is 0 Å². The number of hydrogen-bond donors (Lipinski definition) is 1. The largest absolute Gasteiger partial charge is 0.465 e. The molecule has 1 fully saturated rings. The minimum atomic E-state index is -0.228. The highest BCUT2D eigenvalue weighted by atomic mass is 16.5. The van der Waals surface area contributed by atoms with Crippen LogP contribution in [0.25, 0.3) is 0 Å². The molecule has 2 heterocycles. The number of hydrogen-bond acceptors (Lipinski definition) is 4. The zero-order valence-electron chi connectivity index (χ0n) is 11.3. The van der Waals surface area contributed by atoms with Crippen molar-refractivity contribution < 1.29 is 9.53 Å². The van der Waals surface area contributed by atoms with Gasteiger partial charge in [-0.15, -0.1) is 0 Å². The van der Waals surface area contributed by atoms with Crippen molar-refractivity contribution in [2.45, 2.75) is 46.2 Å². The summed E-state index contributed by atoms with van der Waals surface area (Å²) >= 11 is 0. The molecule has 1 aromatic rings. The zero-order chi connectivity index (χ0) is 13.1. The van der Waals surface area contributed by atoms with Crippen LogP contribution in [0.1, 0.15) is 42.8 Å². The zero-order valence-corrected chi connectivity index (χ0v) is 11.3. The molecule has 0 spiro atoms. The standard InChI is InChI=1S/C13H21N3O2/c1-4-18-12(17)8-16-10(3)13(9(2)15-16)11-6-5-7-14-11/h11,14H,4-8H2,1-3H3/t11-/m0/s1. The first-order chi connectivity index (χ1) is 8.63. The van der Waals surface area contributed by atoms with Crippen molar-refractivity contribution >= 4 is 5.97 Å². The molecule has 1 aliphatic heterocycles. The maximum atomic E-state index is 11.5. The first kappa shape index (κ1) is 13.1. The van der Waals surface area contributed by atoms with Gasteiger partial charge in [-0.1, -0.05) is 0 Å². The smallest absolute Gasteiger partial charge is 0.327 e. The molecule has 0 amide bonds. The van der Waals surface area contributed by atoms with E-state index in [0.29, 0.717) is 12.6 Å². The normalized spacial score (nSPS) is 19.2. The Bertz CT molecular complexity index is 434. The summed E-state index contributed by atoms with van der Waals surface area (Å²) in [6.07, 6.45) is 2.35. The van der Waals surface area contributed by atoms with Crippen molar-refractivity contribution in [1.82, 2.24) is 15.1 Å². The van der Waals surface area contributed by atoms with Gasteiger partial charge in [0.2, 0.25) is 0 Å². The van der Waals surface area contributed by atoms with E-state index in [2.05, 4.69) is 10.4 Å². The minimum Gasteiger partial charge on any atom is -0.465 e. The third kappa shape index (κ3) is 2.56. The molecular formula is C13H21N3O2. The lowest BCUT2D eigenvalue weighted by Crippen LogP contribution is -2.17. The average Bonchev–Trinajstić information content (AvgIpc) is 2.89. The van der Waals surface area contributed by atoms with E-state index in [-0.39, 0.29) is 12.5 Å². The van der Waals surface area contributed by atoms with Crippen molar-refractivity contribution in [2.24, 2.45) is 0 Å². The Hall–Kier alpha value is -1.36. The number of nitrogens with one attached hydrogen (secondary N) is 1. The molecule has 5 nitrogen and oxygen atoms in total. The lowest BCUT2D eigenvalue weighted by Gasteiger charge is -2.11. The summed E-state index contributed by atoms with van der Waals surface area (Å²) in [4.78, 5) is 11.5. The molecule has 1 saturated heterocycles. The van der Waals surface area contributed by atoms with E-state index in [1.807, 2.05) is 20.8 Å². The molecule has 1 aromatic heterocycles. The van der Waals surface area contributed by atoms with E-state index in [4.69, 9.17) is 4.74 Å². The molecular weight excluding hydrogens is 230 g/mol. The Morgan fingerprint density at radius 2 is 2.33 bits per heavy atom. The van der Waals surface area contributed by atoms with Gasteiger partial charge < -0.3 is 10.1 Å². The number of aryl methyl sites for hydroxylation is 1. The van der Waals surface area contributed by atoms with Gasteiger partial charge in [0.05, 0.1) is 12.3 Å². The molecule has 0 aliphatic carbocycles. The molecule has 0 saturated carbocycles. The minimum absolute atomic E-state index is 0.202. The van der Waals surface area contributed by atoms with Crippen LogP contribution >= 0.6 is 0 Å². The van der Waals surface area contributed by atoms with Gasteiger partial charge in [-0.3, -0.25) is 9.48 Å². The molecule has 100 valence electrons. The Labute approximate surface area is 108 Å². The SMILES string of the molecule is CCOC(=O)Cn1nc(C)c([C@@H]2CCCN2)c1C. The molecule has 18 heavy (non-hydrogen) atoms. The van der Waals surface area contributed by atoms with Crippen LogP contribution in [0, 0.1) is 13.8 Å². The second kappa shape index (κ2) is 5.52. The van der Waals surface area contributed by atoms with Crippen molar-refractivity contribution in [2.75, 3.05) is 13.2 Å². The van der Waals surface area contributed by atoms with Crippen molar-refractivity contribution in [3.63, 3.8) is 0 Å². The Kier molecular flexibility index (Phi) is 4.01. The summed E-state index contributed by atoms with van der Waals surface area (Å²) in [5, 5.41) is 7.93. The fourth-order valence-electron chi connectivity index (χ4n) is 2.63. The lowest BCUT2D eigenvalue weighted by molar-refractivity contribution is -0.144. The molecule has 5 heteroatoms. The molecule has 1 aliphatic rings. The van der Waals surface area contributed by atoms with E-state index in [1.54, 1.807) is 4.68 Å². The quantitative estimate of drug-likeness (QED) is 0.824. The van der Waals surface area contributed by atoms with Crippen LogP contribution in [0.15, 0.2) is 0 Å². The van der Waals surface area contributed by atoms with Gasteiger partial charge >= 0.3 is 5.97 Å². The number of ether oxygens (including phenoxy) is 1. The van der Waals surface area contributed by atoms with Crippen LogP contribution in [0.3, 0.4) is 0 Å². The first-order valence-corrected chi connectivity index (χ1v) is 6.56. The summed E-state index contributed by atoms with van der Waals surface area (Å²) in [6.45, 7) is 7.51. The van der Waals surface area contributed by atoms with Gasteiger partial charge in [0.15, 0.2) is 0 Å². The predicted octanol–water partition coefficient (Wildman–Crippen LogP) is 1.49. The highest BCUT2D eigenvalue weighted by Crippen LogP contribution is 2.28. The van der Waals surface area contributed by atoms with Crippen LogP contribution < -0.4 is 5.32 Å². The summed E-state index contributed by atoms with van der Waals surface area (Å²) in [5.74, 6) is -0.228. The fraction of sp³-hybridized carbons (Fsp3) is 0.692. The van der Waals surface area contributed by atoms with Crippen molar-refractivity contribution in [1.29, 1.82) is 0 Å². The van der Waals surface area contributed by atoms with Gasteiger partial charge in [-0.25, -0.2) is 0 Å². The van der Waals surface area contributed by atoms with E-state index in [0.717, 1.165) is 24.4 Å². The maximum absolute atomic E-state index is 11.5. The monoisotopic (exact) mass is 251 g/mol. The lowest BCUT2D eigenvalue weighted by atomic mass is 10.0. The van der Waals surface area contributed by atoms with Gasteiger partial charge in [-0.05, 0) is 40.2 Å². The fourth-order valence-corrected chi connectivity index (χ4v) is 2.63. The molecule has 0 aromatic carbocycles. The van der Waals surface area contributed by atoms with Crippen molar-refractivity contribution in [3.8, 4) is 0 Å². The Balaban J connectivity index is 2.17. The molecule has 2 rings (SSSR count). The Morgan fingerprint density at radius 1 is 1.56 bits per heavy atom. The van der Waals surface area contributed by atoms with Crippen LogP contribution in [-0.2, 0) is 16.1 Å². The maximum Gasteiger partial charge on any atom is 0.327 e. The van der Waals surface area contributed by atoms with E-state index >= 15 is 0 Å². The first-order valence-electron chi connectivity index (χ1n) is 6.56. The van der Waals surface area contributed by atoms with Crippen molar-refractivity contribution in [3.05, 3.63) is 17.0 Å². The number of aromatic nitrogens is 2. The second-order valence-electron chi connectivity index (χ2n) is 4.70. The highest BCUT2D eigenvalue weighted by molar-refractivity contribution is 5.69. The number of carbonyl (C=O) groups excluding carboxylic acids is 1. The van der Waals surface area contributed by atoms with Gasteiger partial charge in [-0.2, -0.15) is 5.10 Å². The van der Waals surface area contributed by atoms with E-state index < -0.39 is 0 Å². The number of rotatable bonds is 4. The third-order valence-corrected chi connectivity index (χ3v) is 3.43. The molecule has 0 bridgehead atoms. The van der Waals surface area contributed by atoms with Crippen LogP contribution in [0.4, 0.5) is 0 Å². The summed E-state index contributed by atoms with van der Waals surface area (Å²) in [7, 11) is 0. The highest BCUT2D eigenvalue weighted by Gasteiger charge is 2.24. The van der Waals surface area contributed by atoms with Gasteiger partial charge in [0.25, 0.3) is 0 Å². The van der Waals surface area contributed by atoms with E-state index in [9.17, 15) is 4.79 Å². The summed E-state index contributed by atoms with van der Waals surface area (Å²) in [6, 6.07) is 0.390. The second-order valence-corrected chi connectivity index (χ2v) is 4.70. The molecule has 1 atom stereocenters. The topological polar surface area (TPSA) is 56.2 Å². The van der Waals surface area contributed by atoms with Crippen LogP contribution in [0.2, 0.25) is 0 Å². The summed E-state index contributed by atoms with van der Waals surface area (Å²) < 4.78 is 6.71. The number of carbonyl (C=O) groups is 1. The van der Waals surface area contributed by atoms with Crippen LogP contribution in [-0.4, -0.2) is 28.9 Å². The Morgan fingerprint density at radius 3 is 2.94 bits per heavy atom. The van der Waals surface area contributed by atoms with E-state index in [1.165, 1.54) is 12.0 Å². The third-order valence-electron chi connectivity index (χ3n) is 3.43. The number of esters is 1. The van der Waals surface area contributed by atoms with Gasteiger partial charge in [0.1, 0.15) is 6.54 Å². The predicted molar refractivity (Wildman–Crippen MR) is 68.3 cm³/mol. The molecule has 0 unspecified atom stereocenters. The van der Waals surface area contributed by atoms with Gasteiger partial charge in [0, 0.05) is 17.3 Å². The molecule has 0 radical (unpaired) electrons.